The quantitative estimate of drug-likeness (QED) is 0.576. The third-order valence-corrected chi connectivity index (χ3v) is 1.64. The van der Waals surface area contributed by atoms with Gasteiger partial charge < -0.3 is 10.4 Å². The zero-order chi connectivity index (χ0) is 10.0. The number of hydrogen-bond acceptors (Lipinski definition) is 3. The van der Waals surface area contributed by atoms with E-state index in [1.165, 1.54) is 11.6 Å². The SMILES string of the molecule is C[C@@H](NC(=O)O)c1n[nH]c(=O)n1C. The van der Waals surface area contributed by atoms with Crippen molar-refractivity contribution in [2.24, 2.45) is 7.05 Å². The van der Waals surface area contributed by atoms with Gasteiger partial charge in [-0.05, 0) is 6.92 Å². The fraction of sp³-hybridized carbons (Fsp3) is 0.500. The van der Waals surface area contributed by atoms with Crippen LogP contribution in [0.2, 0.25) is 0 Å². The van der Waals surface area contributed by atoms with Gasteiger partial charge in [-0.25, -0.2) is 14.7 Å². The van der Waals surface area contributed by atoms with Gasteiger partial charge in [0.15, 0.2) is 5.82 Å². The zero-order valence-electron chi connectivity index (χ0n) is 7.24. The molecular weight excluding hydrogens is 176 g/mol. The fourth-order valence-electron chi connectivity index (χ4n) is 0.996. The van der Waals surface area contributed by atoms with Gasteiger partial charge in [-0.1, -0.05) is 0 Å². The van der Waals surface area contributed by atoms with Gasteiger partial charge >= 0.3 is 11.8 Å². The molecule has 0 saturated heterocycles. The Bertz CT molecular complexity index is 366. The van der Waals surface area contributed by atoms with Crippen LogP contribution in [0.5, 0.6) is 0 Å². The Labute approximate surface area is 73.4 Å². The Morgan fingerprint density at radius 2 is 2.38 bits per heavy atom. The summed E-state index contributed by atoms with van der Waals surface area (Å²) in [5.74, 6) is 0.354. The number of hydrogen-bond donors (Lipinski definition) is 3. The van der Waals surface area contributed by atoms with Gasteiger partial charge in [0.1, 0.15) is 0 Å². The van der Waals surface area contributed by atoms with E-state index in [2.05, 4.69) is 15.5 Å². The number of amides is 1. The minimum absolute atomic E-state index is 0.354. The number of nitrogens with zero attached hydrogens (tertiary/aromatic N) is 2. The summed E-state index contributed by atoms with van der Waals surface area (Å²) in [6.07, 6.45) is -1.15. The summed E-state index contributed by atoms with van der Waals surface area (Å²) >= 11 is 0. The highest BCUT2D eigenvalue weighted by atomic mass is 16.4. The predicted octanol–water partition coefficient (Wildman–Crippen LogP) is -0.563. The summed E-state index contributed by atoms with van der Waals surface area (Å²) in [7, 11) is 1.52. The van der Waals surface area contributed by atoms with Crippen molar-refractivity contribution in [2.75, 3.05) is 0 Å². The average molecular weight is 186 g/mol. The van der Waals surface area contributed by atoms with Crippen molar-refractivity contribution in [2.45, 2.75) is 13.0 Å². The van der Waals surface area contributed by atoms with Gasteiger partial charge in [-0.15, -0.1) is 0 Å². The van der Waals surface area contributed by atoms with Crippen LogP contribution in [0.1, 0.15) is 18.8 Å². The first kappa shape index (κ1) is 9.30. The summed E-state index contributed by atoms with van der Waals surface area (Å²) in [5.41, 5.74) is -0.367. The molecule has 0 spiro atoms. The largest absolute Gasteiger partial charge is 0.465 e. The van der Waals surface area contributed by atoms with Crippen LogP contribution in [0.4, 0.5) is 4.79 Å². The van der Waals surface area contributed by atoms with Crippen molar-refractivity contribution in [1.29, 1.82) is 0 Å². The first-order valence-electron chi connectivity index (χ1n) is 3.63. The third-order valence-electron chi connectivity index (χ3n) is 1.64. The van der Waals surface area contributed by atoms with Crippen molar-refractivity contribution < 1.29 is 9.90 Å². The molecule has 0 unspecified atom stereocenters. The normalized spacial score (nSPS) is 12.5. The molecule has 0 saturated carbocycles. The maximum atomic E-state index is 10.9. The number of carbonyl (C=O) groups is 1. The molecule has 0 aliphatic heterocycles. The van der Waals surface area contributed by atoms with Gasteiger partial charge in [0, 0.05) is 7.05 Å². The second-order valence-electron chi connectivity index (χ2n) is 2.62. The Balaban J connectivity index is 2.88. The Hall–Kier alpha value is -1.79. The van der Waals surface area contributed by atoms with Crippen molar-refractivity contribution in [3.8, 4) is 0 Å². The number of rotatable bonds is 2. The molecule has 1 aromatic heterocycles. The molecule has 1 rings (SSSR count). The van der Waals surface area contributed by atoms with Crippen LogP contribution in [-0.2, 0) is 7.05 Å². The Morgan fingerprint density at radius 3 is 2.77 bits per heavy atom. The van der Waals surface area contributed by atoms with Crippen LogP contribution >= 0.6 is 0 Å². The number of carboxylic acid groups (broad SMARTS) is 1. The summed E-state index contributed by atoms with van der Waals surface area (Å²) in [4.78, 5) is 21.2. The van der Waals surface area contributed by atoms with E-state index in [4.69, 9.17) is 5.11 Å². The molecule has 72 valence electrons. The van der Waals surface area contributed by atoms with E-state index >= 15 is 0 Å². The summed E-state index contributed by atoms with van der Waals surface area (Å²) in [5, 5.41) is 16.5. The first-order valence-corrected chi connectivity index (χ1v) is 3.63. The molecular formula is C6H10N4O3. The molecule has 1 aromatic rings. The van der Waals surface area contributed by atoms with Gasteiger partial charge in [0.25, 0.3) is 0 Å². The van der Waals surface area contributed by atoms with E-state index in [1.54, 1.807) is 6.92 Å². The first-order chi connectivity index (χ1) is 6.02. The monoisotopic (exact) mass is 186 g/mol. The van der Waals surface area contributed by atoms with Crippen LogP contribution in [0.15, 0.2) is 4.79 Å². The maximum absolute atomic E-state index is 10.9. The molecule has 3 N–H and O–H groups in total. The number of H-pyrrole nitrogens is 1. The summed E-state index contributed by atoms with van der Waals surface area (Å²) in [6.45, 7) is 1.60. The molecule has 0 aliphatic rings. The third kappa shape index (κ3) is 1.86. The molecule has 0 radical (unpaired) electrons. The lowest BCUT2D eigenvalue weighted by atomic mass is 10.3. The van der Waals surface area contributed by atoms with Crippen molar-refractivity contribution in [3.63, 3.8) is 0 Å². The molecule has 1 heterocycles. The van der Waals surface area contributed by atoms with Crippen molar-refractivity contribution in [1.82, 2.24) is 20.1 Å². The van der Waals surface area contributed by atoms with Gasteiger partial charge in [0.2, 0.25) is 0 Å². The van der Waals surface area contributed by atoms with Crippen molar-refractivity contribution >= 4 is 6.09 Å². The second-order valence-corrected chi connectivity index (χ2v) is 2.62. The Kier molecular flexibility index (Phi) is 2.36. The number of aromatic amines is 1. The average Bonchev–Trinajstić information content (AvgIpc) is 2.31. The van der Waals surface area contributed by atoms with Gasteiger partial charge in [-0.2, -0.15) is 5.10 Å². The lowest BCUT2D eigenvalue weighted by Crippen LogP contribution is -2.27. The predicted molar refractivity (Wildman–Crippen MR) is 43.4 cm³/mol. The molecule has 1 amide bonds. The van der Waals surface area contributed by atoms with E-state index in [1.807, 2.05) is 0 Å². The lowest BCUT2D eigenvalue weighted by Gasteiger charge is -2.08. The molecule has 0 aliphatic carbocycles. The lowest BCUT2D eigenvalue weighted by molar-refractivity contribution is 0.190. The van der Waals surface area contributed by atoms with E-state index < -0.39 is 12.1 Å². The van der Waals surface area contributed by atoms with Crippen molar-refractivity contribution in [3.05, 3.63) is 16.3 Å². The summed E-state index contributed by atoms with van der Waals surface area (Å²) < 4.78 is 1.25. The van der Waals surface area contributed by atoms with Gasteiger partial charge in [-0.3, -0.25) is 4.57 Å². The number of nitrogens with one attached hydrogen (secondary N) is 2. The van der Waals surface area contributed by atoms with Gasteiger partial charge in [0.05, 0.1) is 6.04 Å². The van der Waals surface area contributed by atoms with Crippen LogP contribution in [0.25, 0.3) is 0 Å². The van der Waals surface area contributed by atoms with Crippen LogP contribution in [-0.4, -0.2) is 26.0 Å². The van der Waals surface area contributed by atoms with Crippen LogP contribution in [0, 0.1) is 0 Å². The molecule has 0 aromatic carbocycles. The van der Waals surface area contributed by atoms with E-state index in [-0.39, 0.29) is 5.69 Å². The summed E-state index contributed by atoms with van der Waals surface area (Å²) in [6, 6.07) is -0.513. The molecule has 7 nitrogen and oxygen atoms in total. The van der Waals surface area contributed by atoms with E-state index in [9.17, 15) is 9.59 Å². The molecule has 1 atom stereocenters. The fourth-order valence-corrected chi connectivity index (χ4v) is 0.996. The second kappa shape index (κ2) is 3.30. The van der Waals surface area contributed by atoms with Crippen LogP contribution in [0.3, 0.4) is 0 Å². The highest BCUT2D eigenvalue weighted by molar-refractivity contribution is 5.64. The minimum Gasteiger partial charge on any atom is -0.465 e. The standard InChI is InChI=1S/C6H10N4O3/c1-3(7-6(12)13)4-8-9-5(11)10(4)2/h3,7H,1-2H3,(H,9,11)(H,12,13)/t3-/m1/s1. The molecule has 0 fully saturated rings. The molecule has 7 heteroatoms. The Morgan fingerprint density at radius 1 is 1.77 bits per heavy atom. The minimum atomic E-state index is -1.15. The topological polar surface area (TPSA) is 100 Å². The van der Waals surface area contributed by atoms with Crippen LogP contribution < -0.4 is 11.0 Å². The van der Waals surface area contributed by atoms with E-state index in [0.717, 1.165) is 0 Å². The smallest absolute Gasteiger partial charge is 0.405 e. The molecule has 0 bridgehead atoms. The van der Waals surface area contributed by atoms with E-state index in [0.29, 0.717) is 5.82 Å². The zero-order valence-corrected chi connectivity index (χ0v) is 7.24. The maximum Gasteiger partial charge on any atom is 0.405 e. The molecule has 13 heavy (non-hydrogen) atoms. The highest BCUT2D eigenvalue weighted by Gasteiger charge is 2.14. The number of aromatic nitrogens is 3. The highest BCUT2D eigenvalue weighted by Crippen LogP contribution is 2.04.